The van der Waals surface area contributed by atoms with Gasteiger partial charge in [-0.25, -0.2) is 8.42 Å². The molecule has 0 bridgehead atoms. The summed E-state index contributed by atoms with van der Waals surface area (Å²) in [5.74, 6) is 0.598. The van der Waals surface area contributed by atoms with Gasteiger partial charge in [-0.2, -0.15) is 0 Å². The fourth-order valence-corrected chi connectivity index (χ4v) is 3.11. The summed E-state index contributed by atoms with van der Waals surface area (Å²) >= 11 is 0. The van der Waals surface area contributed by atoms with Crippen molar-refractivity contribution in [2.24, 2.45) is 5.73 Å². The molecule has 0 unspecified atom stereocenters. The highest BCUT2D eigenvalue weighted by atomic mass is 32.2. The van der Waals surface area contributed by atoms with Gasteiger partial charge in [0, 0.05) is 24.9 Å². The number of likely N-dealkylation sites (tertiary alicyclic amines) is 1. The second-order valence-electron chi connectivity index (χ2n) is 4.00. The first-order valence-electron chi connectivity index (χ1n) is 5.22. The molecule has 14 heavy (non-hydrogen) atoms. The van der Waals surface area contributed by atoms with Crippen LogP contribution >= 0.6 is 0 Å². The van der Waals surface area contributed by atoms with Gasteiger partial charge >= 0.3 is 0 Å². The molecule has 0 radical (unpaired) electrons. The van der Waals surface area contributed by atoms with Gasteiger partial charge in [0.2, 0.25) is 0 Å². The molecule has 1 rings (SSSR count). The van der Waals surface area contributed by atoms with Gasteiger partial charge in [-0.05, 0) is 19.4 Å². The molecule has 0 aromatic heterocycles. The monoisotopic (exact) mass is 220 g/mol. The quantitative estimate of drug-likeness (QED) is 0.699. The summed E-state index contributed by atoms with van der Waals surface area (Å²) in [4.78, 5) is 2.14. The standard InChI is InChI=1S/C9H20N2O2S/c1-2-6-14(12,13)7-5-11-4-3-9(10)8-11/h9H,2-8,10H2,1H3/t9-/m1/s1. The minimum atomic E-state index is -2.82. The largest absolute Gasteiger partial charge is 0.326 e. The molecule has 0 saturated carbocycles. The van der Waals surface area contributed by atoms with Crippen LogP contribution in [-0.2, 0) is 9.84 Å². The zero-order valence-electron chi connectivity index (χ0n) is 8.78. The van der Waals surface area contributed by atoms with Crippen LogP contribution < -0.4 is 5.73 Å². The highest BCUT2D eigenvalue weighted by Gasteiger charge is 2.20. The lowest BCUT2D eigenvalue weighted by atomic mass is 10.3. The molecular formula is C9H20N2O2S. The number of sulfone groups is 1. The first-order chi connectivity index (χ1) is 6.53. The molecule has 84 valence electrons. The Kier molecular flexibility index (Phi) is 4.34. The van der Waals surface area contributed by atoms with Crippen LogP contribution in [0.15, 0.2) is 0 Å². The van der Waals surface area contributed by atoms with Crippen molar-refractivity contribution in [3.05, 3.63) is 0 Å². The summed E-state index contributed by atoms with van der Waals surface area (Å²) in [6.07, 6.45) is 1.70. The number of rotatable bonds is 5. The van der Waals surface area contributed by atoms with Crippen molar-refractivity contribution < 1.29 is 8.42 Å². The molecule has 4 nitrogen and oxygen atoms in total. The van der Waals surface area contributed by atoms with Gasteiger partial charge in [0.05, 0.1) is 5.75 Å². The molecule has 1 atom stereocenters. The van der Waals surface area contributed by atoms with Gasteiger partial charge in [-0.15, -0.1) is 0 Å². The predicted molar refractivity (Wildman–Crippen MR) is 58.0 cm³/mol. The average Bonchev–Trinajstić information content (AvgIpc) is 2.48. The fraction of sp³-hybridized carbons (Fsp3) is 1.00. The zero-order valence-corrected chi connectivity index (χ0v) is 9.59. The highest BCUT2D eigenvalue weighted by molar-refractivity contribution is 7.91. The molecule has 2 N–H and O–H groups in total. The van der Waals surface area contributed by atoms with Gasteiger partial charge < -0.3 is 10.6 Å². The number of hydrogen-bond acceptors (Lipinski definition) is 4. The first kappa shape index (κ1) is 11.9. The van der Waals surface area contributed by atoms with Crippen LogP contribution in [0.4, 0.5) is 0 Å². The maximum absolute atomic E-state index is 11.4. The zero-order chi connectivity index (χ0) is 10.6. The molecule has 0 spiro atoms. The molecular weight excluding hydrogens is 200 g/mol. The smallest absolute Gasteiger partial charge is 0.151 e. The van der Waals surface area contributed by atoms with Crippen LogP contribution in [0.1, 0.15) is 19.8 Å². The Hall–Kier alpha value is -0.130. The third-order valence-electron chi connectivity index (χ3n) is 2.54. The van der Waals surface area contributed by atoms with E-state index in [0.29, 0.717) is 18.7 Å². The first-order valence-corrected chi connectivity index (χ1v) is 7.04. The van der Waals surface area contributed by atoms with Crippen molar-refractivity contribution in [3.8, 4) is 0 Å². The summed E-state index contributed by atoms with van der Waals surface area (Å²) in [7, 11) is -2.82. The summed E-state index contributed by atoms with van der Waals surface area (Å²) < 4.78 is 22.8. The van der Waals surface area contributed by atoms with E-state index in [-0.39, 0.29) is 11.8 Å². The van der Waals surface area contributed by atoms with Gasteiger partial charge in [0.25, 0.3) is 0 Å². The van der Waals surface area contributed by atoms with Crippen molar-refractivity contribution in [2.75, 3.05) is 31.1 Å². The lowest BCUT2D eigenvalue weighted by Gasteiger charge is -2.14. The van der Waals surface area contributed by atoms with E-state index in [2.05, 4.69) is 4.90 Å². The molecule has 0 amide bonds. The van der Waals surface area contributed by atoms with E-state index in [9.17, 15) is 8.42 Å². The fourth-order valence-electron chi connectivity index (χ4n) is 1.75. The molecule has 5 heteroatoms. The van der Waals surface area contributed by atoms with Crippen LogP contribution in [-0.4, -0.2) is 50.5 Å². The SMILES string of the molecule is CCCS(=O)(=O)CCN1CC[C@@H](N)C1. The Morgan fingerprint density at radius 1 is 1.43 bits per heavy atom. The molecule has 1 fully saturated rings. The Bertz CT molecular complexity index is 264. The lowest BCUT2D eigenvalue weighted by molar-refractivity contribution is 0.354. The van der Waals surface area contributed by atoms with Crippen molar-refractivity contribution in [1.29, 1.82) is 0 Å². The van der Waals surface area contributed by atoms with Crippen LogP contribution in [0, 0.1) is 0 Å². The van der Waals surface area contributed by atoms with Gasteiger partial charge in [0.1, 0.15) is 0 Å². The normalized spacial score (nSPS) is 24.3. The lowest BCUT2D eigenvalue weighted by Crippen LogP contribution is -2.31. The summed E-state index contributed by atoms with van der Waals surface area (Å²) in [5.41, 5.74) is 5.73. The van der Waals surface area contributed by atoms with E-state index in [1.165, 1.54) is 0 Å². The predicted octanol–water partition coefficient (Wildman–Crippen LogP) is -0.156. The van der Waals surface area contributed by atoms with Crippen LogP contribution in [0.2, 0.25) is 0 Å². The van der Waals surface area contributed by atoms with Gasteiger partial charge in [-0.1, -0.05) is 6.92 Å². The molecule has 0 aromatic rings. The minimum absolute atomic E-state index is 0.240. The third kappa shape index (κ3) is 3.94. The summed E-state index contributed by atoms with van der Waals surface area (Å²) in [6, 6.07) is 0.240. The van der Waals surface area contributed by atoms with E-state index in [0.717, 1.165) is 19.5 Å². The molecule has 0 aromatic carbocycles. The van der Waals surface area contributed by atoms with Crippen LogP contribution in [0.25, 0.3) is 0 Å². The highest BCUT2D eigenvalue weighted by Crippen LogP contribution is 2.07. The Labute approximate surface area is 86.4 Å². The van der Waals surface area contributed by atoms with Crippen molar-refractivity contribution >= 4 is 9.84 Å². The third-order valence-corrected chi connectivity index (χ3v) is 4.38. The molecule has 1 saturated heterocycles. The van der Waals surface area contributed by atoms with Gasteiger partial charge in [-0.3, -0.25) is 0 Å². The number of hydrogen-bond donors (Lipinski definition) is 1. The summed E-state index contributed by atoms with van der Waals surface area (Å²) in [6.45, 7) is 4.34. The van der Waals surface area contributed by atoms with Crippen LogP contribution in [0.5, 0.6) is 0 Å². The minimum Gasteiger partial charge on any atom is -0.326 e. The second kappa shape index (κ2) is 5.09. The maximum Gasteiger partial charge on any atom is 0.151 e. The molecule has 0 aliphatic carbocycles. The van der Waals surface area contributed by atoms with E-state index in [4.69, 9.17) is 5.73 Å². The topological polar surface area (TPSA) is 63.4 Å². The average molecular weight is 220 g/mol. The number of nitrogens with two attached hydrogens (primary N) is 1. The van der Waals surface area contributed by atoms with Crippen LogP contribution in [0.3, 0.4) is 0 Å². The second-order valence-corrected chi connectivity index (χ2v) is 6.30. The van der Waals surface area contributed by atoms with Crippen molar-refractivity contribution in [1.82, 2.24) is 4.90 Å². The molecule has 1 aliphatic heterocycles. The molecule has 1 aliphatic rings. The molecule has 1 heterocycles. The maximum atomic E-state index is 11.4. The Balaban J connectivity index is 2.26. The summed E-state index contributed by atoms with van der Waals surface area (Å²) in [5, 5.41) is 0. The van der Waals surface area contributed by atoms with Crippen molar-refractivity contribution in [2.45, 2.75) is 25.8 Å². The van der Waals surface area contributed by atoms with E-state index in [1.807, 2.05) is 6.92 Å². The van der Waals surface area contributed by atoms with Crippen molar-refractivity contribution in [3.63, 3.8) is 0 Å². The van der Waals surface area contributed by atoms with E-state index >= 15 is 0 Å². The Morgan fingerprint density at radius 3 is 2.64 bits per heavy atom. The van der Waals surface area contributed by atoms with Gasteiger partial charge in [0.15, 0.2) is 9.84 Å². The van der Waals surface area contributed by atoms with E-state index < -0.39 is 9.84 Å². The Morgan fingerprint density at radius 2 is 2.14 bits per heavy atom. The number of nitrogens with zero attached hydrogens (tertiary/aromatic N) is 1. The van der Waals surface area contributed by atoms with E-state index in [1.54, 1.807) is 0 Å².